The molecule has 1 amide bonds. The van der Waals surface area contributed by atoms with Crippen molar-refractivity contribution in [2.45, 2.75) is 49.5 Å². The maximum Gasteiger partial charge on any atom is 0.240 e. The summed E-state index contributed by atoms with van der Waals surface area (Å²) in [7, 11) is -3.47. The van der Waals surface area contributed by atoms with Gasteiger partial charge in [-0.3, -0.25) is 4.79 Å². The van der Waals surface area contributed by atoms with Crippen LogP contribution in [0.4, 0.5) is 5.69 Å². The number of carbonyl (C=O) groups excluding carboxylic acids is 1. The summed E-state index contributed by atoms with van der Waals surface area (Å²) in [5, 5.41) is 0. The summed E-state index contributed by atoms with van der Waals surface area (Å²) in [5.74, 6) is 1.33. The van der Waals surface area contributed by atoms with E-state index in [1.807, 2.05) is 0 Å². The number of rotatable bonds is 4. The lowest BCUT2D eigenvalue weighted by Crippen LogP contribution is -2.38. The van der Waals surface area contributed by atoms with E-state index in [2.05, 4.69) is 4.72 Å². The number of amides is 1. The molecule has 3 fully saturated rings. The molecule has 0 aromatic heterocycles. The Morgan fingerprint density at radius 2 is 1.87 bits per heavy atom. The fourth-order valence-corrected chi connectivity index (χ4v) is 5.70. The van der Waals surface area contributed by atoms with Gasteiger partial charge in [0.15, 0.2) is 0 Å². The lowest BCUT2D eigenvalue weighted by Gasteiger charge is -2.23. The lowest BCUT2D eigenvalue weighted by atomic mass is 9.96. The molecule has 0 unspecified atom stereocenters. The standard InChI is InChI=1S/C17H22N2O3S/c20-17-2-1-9-19(17)14-5-7-15(8-6-14)23(21,22)18-16-11-12-3-4-13(16)10-12/h5-8,12-13,16,18H,1-4,9-11H2/t12-,13+,16-/m0/s1. The zero-order chi connectivity index (χ0) is 16.0. The molecule has 5 nitrogen and oxygen atoms in total. The molecule has 1 aromatic carbocycles. The number of hydrogen-bond donors (Lipinski definition) is 1. The van der Waals surface area contributed by atoms with Gasteiger partial charge in [0.25, 0.3) is 0 Å². The fraction of sp³-hybridized carbons (Fsp3) is 0.588. The average Bonchev–Trinajstić information content (AvgIpc) is 3.23. The lowest BCUT2D eigenvalue weighted by molar-refractivity contribution is -0.117. The largest absolute Gasteiger partial charge is 0.312 e. The van der Waals surface area contributed by atoms with Crippen molar-refractivity contribution >= 4 is 21.6 Å². The number of benzene rings is 1. The molecule has 1 aliphatic heterocycles. The van der Waals surface area contributed by atoms with Crippen LogP contribution in [0.5, 0.6) is 0 Å². The minimum Gasteiger partial charge on any atom is -0.312 e. The molecule has 0 spiro atoms. The highest BCUT2D eigenvalue weighted by Gasteiger charge is 2.41. The molecule has 3 atom stereocenters. The summed E-state index contributed by atoms with van der Waals surface area (Å²) >= 11 is 0. The molecule has 4 rings (SSSR count). The van der Waals surface area contributed by atoms with E-state index < -0.39 is 10.0 Å². The van der Waals surface area contributed by atoms with Gasteiger partial charge in [0.05, 0.1) is 4.90 Å². The highest BCUT2D eigenvalue weighted by Crippen LogP contribution is 2.44. The van der Waals surface area contributed by atoms with Crippen molar-refractivity contribution in [1.82, 2.24) is 4.72 Å². The molecule has 0 radical (unpaired) electrons. The zero-order valence-corrected chi connectivity index (χ0v) is 13.9. The van der Waals surface area contributed by atoms with Gasteiger partial charge in [-0.25, -0.2) is 13.1 Å². The third-order valence-corrected chi connectivity index (χ3v) is 7.08. The van der Waals surface area contributed by atoms with Crippen LogP contribution in [0.25, 0.3) is 0 Å². The molecular formula is C17H22N2O3S. The van der Waals surface area contributed by atoms with E-state index >= 15 is 0 Å². The van der Waals surface area contributed by atoms with Crippen LogP contribution in [-0.4, -0.2) is 26.9 Å². The average molecular weight is 334 g/mol. The highest BCUT2D eigenvalue weighted by atomic mass is 32.2. The van der Waals surface area contributed by atoms with Gasteiger partial charge >= 0.3 is 0 Å². The first-order valence-corrected chi connectivity index (χ1v) is 9.94. The zero-order valence-electron chi connectivity index (χ0n) is 13.1. The second kappa shape index (κ2) is 5.60. The Morgan fingerprint density at radius 3 is 2.43 bits per heavy atom. The Kier molecular flexibility index (Phi) is 3.69. The first-order chi connectivity index (χ1) is 11.0. The van der Waals surface area contributed by atoms with Crippen LogP contribution in [0, 0.1) is 11.8 Å². The van der Waals surface area contributed by atoms with Crippen molar-refractivity contribution < 1.29 is 13.2 Å². The predicted octanol–water partition coefficient (Wildman–Crippen LogP) is 2.28. The number of sulfonamides is 1. The molecule has 1 heterocycles. The molecule has 1 aromatic rings. The van der Waals surface area contributed by atoms with Crippen LogP contribution in [0.3, 0.4) is 0 Å². The Bertz CT molecular complexity index is 714. The Balaban J connectivity index is 1.49. The molecule has 2 saturated carbocycles. The first-order valence-electron chi connectivity index (χ1n) is 8.46. The molecule has 124 valence electrons. The summed E-state index contributed by atoms with van der Waals surface area (Å²) < 4.78 is 28.0. The second-order valence-corrected chi connectivity index (χ2v) is 8.76. The maximum atomic E-state index is 12.6. The highest BCUT2D eigenvalue weighted by molar-refractivity contribution is 7.89. The van der Waals surface area contributed by atoms with Crippen molar-refractivity contribution in [2.24, 2.45) is 11.8 Å². The number of nitrogens with zero attached hydrogens (tertiary/aromatic N) is 1. The summed E-state index contributed by atoms with van der Waals surface area (Å²) in [4.78, 5) is 13.8. The molecule has 1 N–H and O–H groups in total. The van der Waals surface area contributed by atoms with Crippen LogP contribution < -0.4 is 9.62 Å². The molecule has 23 heavy (non-hydrogen) atoms. The molecule has 3 aliphatic rings. The minimum absolute atomic E-state index is 0.0959. The van der Waals surface area contributed by atoms with Crippen molar-refractivity contribution in [2.75, 3.05) is 11.4 Å². The fourth-order valence-electron chi connectivity index (χ4n) is 4.38. The number of fused-ring (bicyclic) bond motifs is 2. The van der Waals surface area contributed by atoms with Crippen LogP contribution in [0.2, 0.25) is 0 Å². The van der Waals surface area contributed by atoms with Crippen LogP contribution in [0.15, 0.2) is 29.2 Å². The van der Waals surface area contributed by atoms with E-state index in [1.165, 1.54) is 12.8 Å². The normalized spacial score (nSPS) is 30.3. The van der Waals surface area contributed by atoms with E-state index in [0.717, 1.165) is 24.9 Å². The van der Waals surface area contributed by atoms with E-state index in [0.29, 0.717) is 24.8 Å². The predicted molar refractivity (Wildman–Crippen MR) is 87.6 cm³/mol. The van der Waals surface area contributed by atoms with E-state index in [1.54, 1.807) is 29.2 Å². The van der Waals surface area contributed by atoms with Crippen molar-refractivity contribution in [3.05, 3.63) is 24.3 Å². The van der Waals surface area contributed by atoms with Gasteiger partial charge in [0, 0.05) is 24.7 Å². The molecular weight excluding hydrogens is 312 g/mol. The van der Waals surface area contributed by atoms with Gasteiger partial charge in [-0.1, -0.05) is 6.42 Å². The van der Waals surface area contributed by atoms with E-state index in [-0.39, 0.29) is 16.8 Å². The van der Waals surface area contributed by atoms with Crippen LogP contribution in [0.1, 0.15) is 38.5 Å². The first kappa shape index (κ1) is 15.1. The van der Waals surface area contributed by atoms with Gasteiger partial charge in [0.1, 0.15) is 0 Å². The van der Waals surface area contributed by atoms with Gasteiger partial charge in [-0.05, 0) is 61.8 Å². The molecule has 1 saturated heterocycles. The van der Waals surface area contributed by atoms with Crippen molar-refractivity contribution in [3.8, 4) is 0 Å². The van der Waals surface area contributed by atoms with Crippen molar-refractivity contribution in [1.29, 1.82) is 0 Å². The Hall–Kier alpha value is -1.40. The number of hydrogen-bond acceptors (Lipinski definition) is 3. The molecule has 6 heteroatoms. The summed E-state index contributed by atoms with van der Waals surface area (Å²) in [6.45, 7) is 0.717. The number of anilines is 1. The second-order valence-electron chi connectivity index (χ2n) is 7.05. The maximum absolute atomic E-state index is 12.6. The van der Waals surface area contributed by atoms with E-state index in [9.17, 15) is 13.2 Å². The topological polar surface area (TPSA) is 66.5 Å². The molecule has 2 bridgehead atoms. The number of carbonyl (C=O) groups is 1. The third kappa shape index (κ3) is 2.78. The van der Waals surface area contributed by atoms with Crippen molar-refractivity contribution in [3.63, 3.8) is 0 Å². The smallest absolute Gasteiger partial charge is 0.240 e. The van der Waals surface area contributed by atoms with Crippen LogP contribution in [-0.2, 0) is 14.8 Å². The number of nitrogens with one attached hydrogen (secondary N) is 1. The van der Waals surface area contributed by atoms with Crippen LogP contribution >= 0.6 is 0 Å². The van der Waals surface area contributed by atoms with Gasteiger partial charge < -0.3 is 4.90 Å². The van der Waals surface area contributed by atoms with Gasteiger partial charge in [-0.2, -0.15) is 0 Å². The molecule has 2 aliphatic carbocycles. The van der Waals surface area contributed by atoms with Gasteiger partial charge in [-0.15, -0.1) is 0 Å². The Morgan fingerprint density at radius 1 is 1.09 bits per heavy atom. The monoisotopic (exact) mass is 334 g/mol. The third-order valence-electron chi connectivity index (χ3n) is 5.58. The Labute approximate surface area is 137 Å². The quantitative estimate of drug-likeness (QED) is 0.918. The summed E-state index contributed by atoms with van der Waals surface area (Å²) in [6.07, 6.45) is 5.99. The van der Waals surface area contributed by atoms with E-state index in [4.69, 9.17) is 0 Å². The summed E-state index contributed by atoms with van der Waals surface area (Å²) in [6, 6.07) is 6.78. The van der Waals surface area contributed by atoms with Gasteiger partial charge in [0.2, 0.25) is 15.9 Å². The minimum atomic E-state index is -3.47. The SMILES string of the molecule is O=C1CCCN1c1ccc(S(=O)(=O)N[C@H]2C[C@H]3CC[C@@H]2C3)cc1. The summed E-state index contributed by atoms with van der Waals surface area (Å²) in [5.41, 5.74) is 0.784.